The van der Waals surface area contributed by atoms with Crippen LogP contribution < -0.4 is 0 Å². The Morgan fingerprint density at radius 3 is 1.71 bits per heavy atom. The van der Waals surface area contributed by atoms with E-state index in [1.807, 2.05) is 24.3 Å². The van der Waals surface area contributed by atoms with E-state index in [-0.39, 0.29) is 24.4 Å². The lowest BCUT2D eigenvalue weighted by molar-refractivity contribution is -0.142. The van der Waals surface area contributed by atoms with E-state index < -0.39 is 31.1 Å². The molecule has 48 heavy (non-hydrogen) atoms. The molecule has 0 radical (unpaired) electrons. The standard InChI is InChI=1S/C42H52O6/c1-5-7-8-9-32-22-23-39(24-31(32)6-2)37-18-14-35(15-19-37)33-10-12-34(13-11-33)36-16-20-38(21-17-36)40(27-47-41(45)29(3)25-43)28-48-42(46)30(4)26-44/h10-13,16-17,20-24,35,37,40,43-44H,3-9,14-15,18-19,25-28H2,1-2H3. The summed E-state index contributed by atoms with van der Waals surface area (Å²) in [4.78, 5) is 24.2. The molecule has 0 aliphatic heterocycles. The first-order chi connectivity index (χ1) is 23.3. The van der Waals surface area contributed by atoms with E-state index in [0.717, 1.165) is 23.1 Å². The van der Waals surface area contributed by atoms with Crippen molar-refractivity contribution in [3.63, 3.8) is 0 Å². The molecule has 3 aromatic carbocycles. The molecule has 4 rings (SSSR count). The van der Waals surface area contributed by atoms with Gasteiger partial charge in [-0.3, -0.25) is 0 Å². The fourth-order valence-electron chi connectivity index (χ4n) is 6.62. The zero-order valence-corrected chi connectivity index (χ0v) is 28.7. The van der Waals surface area contributed by atoms with Crippen molar-refractivity contribution in [2.75, 3.05) is 26.4 Å². The summed E-state index contributed by atoms with van der Waals surface area (Å²) >= 11 is 0. The third-order valence-corrected chi connectivity index (χ3v) is 9.75. The van der Waals surface area contributed by atoms with Crippen molar-refractivity contribution in [1.82, 2.24) is 0 Å². The lowest BCUT2D eigenvalue weighted by Gasteiger charge is -2.30. The number of carbonyl (C=O) groups is 2. The molecule has 0 bridgehead atoms. The van der Waals surface area contributed by atoms with Gasteiger partial charge in [-0.15, -0.1) is 0 Å². The number of aliphatic hydroxyl groups excluding tert-OH is 2. The van der Waals surface area contributed by atoms with Crippen LogP contribution >= 0.6 is 0 Å². The van der Waals surface area contributed by atoms with Crippen LogP contribution in [0, 0.1) is 0 Å². The molecular formula is C42H52O6. The second-order valence-electron chi connectivity index (χ2n) is 13.0. The highest BCUT2D eigenvalue weighted by atomic mass is 16.5. The maximum atomic E-state index is 12.1. The van der Waals surface area contributed by atoms with Crippen LogP contribution in [0.1, 0.15) is 104 Å². The van der Waals surface area contributed by atoms with Crippen molar-refractivity contribution in [3.8, 4) is 11.1 Å². The quantitative estimate of drug-likeness (QED) is 0.0865. The van der Waals surface area contributed by atoms with E-state index in [1.165, 1.54) is 73.6 Å². The van der Waals surface area contributed by atoms with Crippen molar-refractivity contribution >= 4 is 11.9 Å². The largest absolute Gasteiger partial charge is 0.461 e. The van der Waals surface area contributed by atoms with Gasteiger partial charge in [0, 0.05) is 0 Å². The number of hydrogen-bond donors (Lipinski definition) is 2. The topological polar surface area (TPSA) is 93.1 Å². The fraction of sp³-hybridized carbons (Fsp3) is 0.429. The van der Waals surface area contributed by atoms with Crippen LogP contribution in [0.2, 0.25) is 0 Å². The number of benzene rings is 3. The normalized spacial score (nSPS) is 16.0. The fourth-order valence-corrected chi connectivity index (χ4v) is 6.62. The van der Waals surface area contributed by atoms with Crippen molar-refractivity contribution in [2.45, 2.75) is 89.4 Å². The number of unbranched alkanes of at least 4 members (excludes halogenated alkanes) is 2. The van der Waals surface area contributed by atoms with Gasteiger partial charge in [-0.05, 0) is 95.7 Å². The lowest BCUT2D eigenvalue weighted by Crippen LogP contribution is -2.21. The van der Waals surface area contributed by atoms with Crippen LogP contribution in [0.4, 0.5) is 0 Å². The van der Waals surface area contributed by atoms with Gasteiger partial charge in [-0.25, -0.2) is 9.59 Å². The molecule has 0 amide bonds. The van der Waals surface area contributed by atoms with Crippen molar-refractivity contribution in [2.24, 2.45) is 0 Å². The Kier molecular flexibility index (Phi) is 14.2. The van der Waals surface area contributed by atoms with Crippen LogP contribution in [0.15, 0.2) is 91.0 Å². The zero-order chi connectivity index (χ0) is 34.5. The molecule has 0 atom stereocenters. The Morgan fingerprint density at radius 2 is 1.21 bits per heavy atom. The maximum Gasteiger partial charge on any atom is 0.335 e. The molecule has 0 aromatic heterocycles. The third-order valence-electron chi connectivity index (χ3n) is 9.75. The predicted molar refractivity (Wildman–Crippen MR) is 192 cm³/mol. The number of aliphatic hydroxyl groups is 2. The average molecular weight is 653 g/mol. The van der Waals surface area contributed by atoms with Crippen LogP contribution in [0.25, 0.3) is 11.1 Å². The smallest absolute Gasteiger partial charge is 0.335 e. The minimum atomic E-state index is -0.712. The molecule has 2 N–H and O–H groups in total. The summed E-state index contributed by atoms with van der Waals surface area (Å²) in [6.07, 6.45) is 11.0. The first-order valence-corrected chi connectivity index (χ1v) is 17.5. The lowest BCUT2D eigenvalue weighted by atomic mass is 9.75. The molecule has 0 unspecified atom stereocenters. The van der Waals surface area contributed by atoms with E-state index in [0.29, 0.717) is 11.8 Å². The summed E-state index contributed by atoms with van der Waals surface area (Å²) in [6.45, 7) is 10.4. The Hall–Kier alpha value is -4.00. The van der Waals surface area contributed by atoms with Gasteiger partial charge in [0.05, 0.1) is 30.3 Å². The van der Waals surface area contributed by atoms with Crippen LogP contribution in [-0.4, -0.2) is 48.6 Å². The predicted octanol–water partition coefficient (Wildman–Crippen LogP) is 8.36. The number of carbonyl (C=O) groups excluding carboxylic acids is 2. The van der Waals surface area contributed by atoms with Crippen LogP contribution in [0.5, 0.6) is 0 Å². The highest BCUT2D eigenvalue weighted by molar-refractivity contribution is 5.88. The molecule has 1 aliphatic carbocycles. The van der Waals surface area contributed by atoms with Crippen LogP contribution in [-0.2, 0) is 31.9 Å². The first kappa shape index (κ1) is 36.8. The van der Waals surface area contributed by atoms with E-state index in [1.54, 1.807) is 0 Å². The minimum Gasteiger partial charge on any atom is -0.461 e. The molecule has 0 spiro atoms. The Bertz CT molecular complexity index is 1480. The third kappa shape index (κ3) is 10.0. The number of rotatable bonds is 17. The van der Waals surface area contributed by atoms with E-state index in [2.05, 4.69) is 69.5 Å². The molecule has 256 valence electrons. The van der Waals surface area contributed by atoms with E-state index in [4.69, 9.17) is 9.47 Å². The number of hydrogen-bond acceptors (Lipinski definition) is 6. The summed E-state index contributed by atoms with van der Waals surface area (Å²) in [5.41, 5.74) is 8.85. The molecule has 1 fully saturated rings. The Labute approximate surface area is 286 Å². The summed E-state index contributed by atoms with van der Waals surface area (Å²) in [6, 6.07) is 24.1. The van der Waals surface area contributed by atoms with Gasteiger partial charge in [-0.1, -0.05) is 107 Å². The van der Waals surface area contributed by atoms with E-state index in [9.17, 15) is 19.8 Å². The second kappa shape index (κ2) is 18.5. The summed E-state index contributed by atoms with van der Waals surface area (Å²) in [5, 5.41) is 18.4. The highest BCUT2D eigenvalue weighted by Crippen LogP contribution is 2.41. The maximum absolute atomic E-state index is 12.1. The Balaban J connectivity index is 1.37. The number of ether oxygens (including phenoxy) is 2. The second-order valence-corrected chi connectivity index (χ2v) is 13.0. The van der Waals surface area contributed by atoms with Gasteiger partial charge in [0.2, 0.25) is 0 Å². The Morgan fingerprint density at radius 1 is 0.708 bits per heavy atom. The molecule has 0 saturated heterocycles. The molecule has 3 aromatic rings. The average Bonchev–Trinajstić information content (AvgIpc) is 3.14. The van der Waals surface area contributed by atoms with Gasteiger partial charge in [0.15, 0.2) is 0 Å². The molecule has 6 nitrogen and oxygen atoms in total. The zero-order valence-electron chi connectivity index (χ0n) is 28.7. The first-order valence-electron chi connectivity index (χ1n) is 17.5. The van der Waals surface area contributed by atoms with Crippen molar-refractivity contribution < 1.29 is 29.3 Å². The number of aryl methyl sites for hydroxylation is 2. The van der Waals surface area contributed by atoms with Gasteiger partial charge < -0.3 is 19.7 Å². The van der Waals surface area contributed by atoms with E-state index >= 15 is 0 Å². The van der Waals surface area contributed by atoms with Crippen molar-refractivity contribution in [1.29, 1.82) is 0 Å². The molecule has 0 heterocycles. The summed E-state index contributed by atoms with van der Waals surface area (Å²) < 4.78 is 10.6. The summed E-state index contributed by atoms with van der Waals surface area (Å²) in [7, 11) is 0. The minimum absolute atomic E-state index is 0.0559. The highest BCUT2D eigenvalue weighted by Gasteiger charge is 2.24. The van der Waals surface area contributed by atoms with Gasteiger partial charge in [-0.2, -0.15) is 0 Å². The molecule has 6 heteroatoms. The summed E-state index contributed by atoms with van der Waals surface area (Å²) in [5.74, 6) is -0.661. The van der Waals surface area contributed by atoms with Crippen molar-refractivity contribution in [3.05, 3.63) is 119 Å². The van der Waals surface area contributed by atoms with Gasteiger partial charge in [0.25, 0.3) is 0 Å². The molecule has 1 aliphatic rings. The molecule has 1 saturated carbocycles. The number of esters is 2. The monoisotopic (exact) mass is 652 g/mol. The SMILES string of the molecule is C=C(CO)C(=O)OCC(COC(=O)C(=C)CO)c1ccc(-c2ccc(C3CCC(c4ccc(CCCCC)c(CC)c4)CC3)cc2)cc1. The van der Waals surface area contributed by atoms with Gasteiger partial charge in [0.1, 0.15) is 13.2 Å². The molecular weight excluding hydrogens is 600 g/mol. The van der Waals surface area contributed by atoms with Crippen LogP contribution in [0.3, 0.4) is 0 Å². The van der Waals surface area contributed by atoms with Gasteiger partial charge >= 0.3 is 11.9 Å².